The Balaban J connectivity index is 1.68. The Labute approximate surface area is 112 Å². The zero-order valence-electron chi connectivity index (χ0n) is 11.0. The molecule has 0 aliphatic carbocycles. The SMILES string of the molecule is O=C(C(=O)N1C2CCC1CC(O)C2)N1CCNCC1. The number of carbonyl (C=O) groups is 2. The highest BCUT2D eigenvalue weighted by molar-refractivity contribution is 6.35. The van der Waals surface area contributed by atoms with Gasteiger partial charge in [-0.25, -0.2) is 0 Å². The molecule has 0 saturated carbocycles. The smallest absolute Gasteiger partial charge is 0.312 e. The molecule has 0 aromatic rings. The highest BCUT2D eigenvalue weighted by atomic mass is 16.3. The van der Waals surface area contributed by atoms with Gasteiger partial charge in [0.05, 0.1) is 6.10 Å². The number of hydrogen-bond donors (Lipinski definition) is 2. The van der Waals surface area contributed by atoms with Crippen molar-refractivity contribution in [3.63, 3.8) is 0 Å². The molecule has 3 rings (SSSR count). The maximum Gasteiger partial charge on any atom is 0.312 e. The van der Waals surface area contributed by atoms with Gasteiger partial charge in [-0.15, -0.1) is 0 Å². The van der Waals surface area contributed by atoms with Crippen LogP contribution in [0.5, 0.6) is 0 Å². The molecule has 3 fully saturated rings. The third kappa shape index (κ3) is 2.34. The number of amides is 2. The topological polar surface area (TPSA) is 72.9 Å². The molecule has 0 aromatic heterocycles. The van der Waals surface area contributed by atoms with Crippen molar-refractivity contribution in [3.05, 3.63) is 0 Å². The molecule has 3 saturated heterocycles. The number of aliphatic hydroxyl groups excluding tert-OH is 1. The van der Waals surface area contributed by atoms with Crippen molar-refractivity contribution in [1.82, 2.24) is 15.1 Å². The second-order valence-electron chi connectivity index (χ2n) is 5.76. The molecular weight excluding hydrogens is 246 g/mol. The number of hydrogen-bond acceptors (Lipinski definition) is 4. The van der Waals surface area contributed by atoms with Gasteiger partial charge in [-0.2, -0.15) is 0 Å². The molecule has 0 aromatic carbocycles. The summed E-state index contributed by atoms with van der Waals surface area (Å²) in [4.78, 5) is 28.0. The fraction of sp³-hybridized carbons (Fsp3) is 0.846. The number of piperazine rings is 1. The Kier molecular flexibility index (Phi) is 3.45. The fourth-order valence-corrected chi connectivity index (χ4v) is 3.59. The zero-order valence-corrected chi connectivity index (χ0v) is 11.0. The van der Waals surface area contributed by atoms with Gasteiger partial charge in [-0.1, -0.05) is 0 Å². The van der Waals surface area contributed by atoms with Crippen molar-refractivity contribution in [2.75, 3.05) is 26.2 Å². The summed E-state index contributed by atoms with van der Waals surface area (Å²) >= 11 is 0. The van der Waals surface area contributed by atoms with E-state index >= 15 is 0 Å². The van der Waals surface area contributed by atoms with Crippen LogP contribution in [0.1, 0.15) is 25.7 Å². The average Bonchev–Trinajstić information content (AvgIpc) is 2.70. The molecule has 3 aliphatic rings. The lowest BCUT2D eigenvalue weighted by molar-refractivity contribution is -0.155. The number of fused-ring (bicyclic) bond motifs is 2. The van der Waals surface area contributed by atoms with Crippen molar-refractivity contribution in [2.24, 2.45) is 0 Å². The Morgan fingerprint density at radius 2 is 1.58 bits per heavy atom. The van der Waals surface area contributed by atoms with E-state index in [1.807, 2.05) is 0 Å². The van der Waals surface area contributed by atoms with Crippen LogP contribution in [0, 0.1) is 0 Å². The van der Waals surface area contributed by atoms with E-state index in [-0.39, 0.29) is 30.0 Å². The van der Waals surface area contributed by atoms with Crippen LogP contribution >= 0.6 is 0 Å². The van der Waals surface area contributed by atoms with Crippen molar-refractivity contribution < 1.29 is 14.7 Å². The summed E-state index contributed by atoms with van der Waals surface area (Å²) in [5.74, 6) is -0.726. The van der Waals surface area contributed by atoms with Gasteiger partial charge < -0.3 is 20.2 Å². The van der Waals surface area contributed by atoms with E-state index in [1.54, 1.807) is 9.80 Å². The van der Waals surface area contributed by atoms with Gasteiger partial charge in [0.15, 0.2) is 0 Å². The summed E-state index contributed by atoms with van der Waals surface area (Å²) in [6, 6.07) is 0.126. The van der Waals surface area contributed by atoms with E-state index in [4.69, 9.17) is 0 Å². The summed E-state index contributed by atoms with van der Waals surface area (Å²) in [7, 11) is 0. The fourth-order valence-electron chi connectivity index (χ4n) is 3.59. The third-order valence-corrected chi connectivity index (χ3v) is 4.53. The molecule has 3 heterocycles. The zero-order chi connectivity index (χ0) is 13.4. The largest absolute Gasteiger partial charge is 0.393 e. The highest BCUT2D eigenvalue weighted by Gasteiger charge is 2.45. The third-order valence-electron chi connectivity index (χ3n) is 4.53. The van der Waals surface area contributed by atoms with Gasteiger partial charge in [0.1, 0.15) is 0 Å². The predicted molar refractivity (Wildman–Crippen MR) is 68.3 cm³/mol. The van der Waals surface area contributed by atoms with Crippen molar-refractivity contribution in [3.8, 4) is 0 Å². The van der Waals surface area contributed by atoms with Crippen LogP contribution in [0.3, 0.4) is 0 Å². The van der Waals surface area contributed by atoms with Crippen LogP contribution in [0.15, 0.2) is 0 Å². The quantitative estimate of drug-likeness (QED) is 0.548. The van der Waals surface area contributed by atoms with Crippen molar-refractivity contribution in [2.45, 2.75) is 43.9 Å². The molecule has 2 bridgehead atoms. The first-order valence-corrected chi connectivity index (χ1v) is 7.17. The van der Waals surface area contributed by atoms with Gasteiger partial charge >= 0.3 is 11.8 Å². The first-order valence-electron chi connectivity index (χ1n) is 7.17. The number of aliphatic hydroxyl groups is 1. The second kappa shape index (κ2) is 5.09. The molecule has 6 heteroatoms. The van der Waals surface area contributed by atoms with Gasteiger partial charge in [0, 0.05) is 38.3 Å². The molecule has 19 heavy (non-hydrogen) atoms. The minimum absolute atomic E-state index is 0.0631. The van der Waals surface area contributed by atoms with E-state index in [9.17, 15) is 14.7 Å². The number of carbonyl (C=O) groups excluding carboxylic acids is 2. The molecule has 0 radical (unpaired) electrons. The van der Waals surface area contributed by atoms with Crippen LogP contribution in [0.2, 0.25) is 0 Å². The first-order chi connectivity index (χ1) is 9.16. The molecule has 2 N–H and O–H groups in total. The van der Waals surface area contributed by atoms with Crippen LogP contribution in [0.4, 0.5) is 0 Å². The van der Waals surface area contributed by atoms with Gasteiger partial charge in [0.25, 0.3) is 0 Å². The van der Waals surface area contributed by atoms with Gasteiger partial charge in [-0.3, -0.25) is 9.59 Å². The van der Waals surface area contributed by atoms with Crippen LogP contribution < -0.4 is 5.32 Å². The Morgan fingerprint density at radius 3 is 2.16 bits per heavy atom. The number of nitrogens with one attached hydrogen (secondary N) is 1. The van der Waals surface area contributed by atoms with E-state index in [0.29, 0.717) is 25.9 Å². The molecule has 106 valence electrons. The Hall–Kier alpha value is -1.14. The molecule has 3 aliphatic heterocycles. The number of nitrogens with zero attached hydrogens (tertiary/aromatic N) is 2. The second-order valence-corrected chi connectivity index (χ2v) is 5.76. The minimum Gasteiger partial charge on any atom is -0.393 e. The molecule has 2 amide bonds. The lowest BCUT2D eigenvalue weighted by Gasteiger charge is -2.38. The maximum atomic E-state index is 12.4. The van der Waals surface area contributed by atoms with E-state index < -0.39 is 0 Å². The van der Waals surface area contributed by atoms with Crippen LogP contribution in [-0.2, 0) is 9.59 Å². The minimum atomic E-state index is -0.366. The van der Waals surface area contributed by atoms with Gasteiger partial charge in [-0.05, 0) is 25.7 Å². The summed E-state index contributed by atoms with van der Waals surface area (Å²) in [5, 5.41) is 12.9. The summed E-state index contributed by atoms with van der Waals surface area (Å²) < 4.78 is 0. The van der Waals surface area contributed by atoms with Crippen molar-refractivity contribution in [1.29, 1.82) is 0 Å². The lowest BCUT2D eigenvalue weighted by atomic mass is 9.99. The van der Waals surface area contributed by atoms with Crippen LogP contribution in [0.25, 0.3) is 0 Å². The lowest BCUT2D eigenvalue weighted by Crippen LogP contribution is -2.56. The number of piperidine rings is 1. The van der Waals surface area contributed by atoms with Gasteiger partial charge in [0.2, 0.25) is 0 Å². The number of rotatable bonds is 0. The Morgan fingerprint density at radius 1 is 1.00 bits per heavy atom. The predicted octanol–water partition coefficient (Wildman–Crippen LogP) is -1.07. The molecule has 2 atom stereocenters. The molecular formula is C13H21N3O3. The molecule has 0 spiro atoms. The summed E-state index contributed by atoms with van der Waals surface area (Å²) in [6.45, 7) is 2.72. The molecule has 6 nitrogen and oxygen atoms in total. The summed E-state index contributed by atoms with van der Waals surface area (Å²) in [6.07, 6.45) is 2.77. The van der Waals surface area contributed by atoms with Crippen LogP contribution in [-0.4, -0.2) is 71.1 Å². The average molecular weight is 267 g/mol. The normalized spacial score (nSPS) is 34.5. The maximum absolute atomic E-state index is 12.4. The first kappa shape index (κ1) is 12.9. The highest BCUT2D eigenvalue weighted by Crippen LogP contribution is 2.35. The van der Waals surface area contributed by atoms with Crippen molar-refractivity contribution >= 4 is 11.8 Å². The summed E-state index contributed by atoms with van der Waals surface area (Å²) in [5.41, 5.74) is 0. The van der Waals surface area contributed by atoms with E-state index in [2.05, 4.69) is 5.32 Å². The standard InChI is InChI=1S/C13H21N3O3/c17-11-7-9-1-2-10(8-11)16(9)13(19)12(18)15-5-3-14-4-6-15/h9-11,14,17H,1-8H2. The van der Waals surface area contributed by atoms with E-state index in [0.717, 1.165) is 25.9 Å². The van der Waals surface area contributed by atoms with E-state index in [1.165, 1.54) is 0 Å². The monoisotopic (exact) mass is 267 g/mol. The Bertz CT molecular complexity index is 367. The molecule has 2 unspecified atom stereocenters.